The van der Waals surface area contributed by atoms with E-state index in [9.17, 15) is 13.2 Å². The van der Waals surface area contributed by atoms with Gasteiger partial charge in [-0.2, -0.15) is 13.2 Å². The number of nitrogens with one attached hydrogen (secondary N) is 1. The lowest BCUT2D eigenvalue weighted by Crippen LogP contribution is -2.24. The van der Waals surface area contributed by atoms with E-state index in [1.165, 1.54) is 6.26 Å². The van der Waals surface area contributed by atoms with E-state index in [2.05, 4.69) is 5.32 Å². The molecule has 1 aromatic heterocycles. The van der Waals surface area contributed by atoms with Gasteiger partial charge in [0.2, 0.25) is 0 Å². The average Bonchev–Trinajstić information content (AvgIpc) is 2.63. The smallest absolute Gasteiger partial charge is 0.389 e. The third-order valence-electron chi connectivity index (χ3n) is 2.58. The van der Waals surface area contributed by atoms with Crippen LogP contribution >= 0.6 is 0 Å². The molecule has 0 aliphatic carbocycles. The van der Waals surface area contributed by atoms with E-state index >= 15 is 0 Å². The van der Waals surface area contributed by atoms with Crippen LogP contribution in [-0.2, 0) is 0 Å². The van der Waals surface area contributed by atoms with Crippen molar-refractivity contribution in [2.24, 2.45) is 0 Å². The first-order valence-electron chi connectivity index (χ1n) is 5.78. The molecular weight excluding hydrogens is 231 g/mol. The molecule has 17 heavy (non-hydrogen) atoms. The molecule has 2 nitrogen and oxygen atoms in total. The van der Waals surface area contributed by atoms with Crippen LogP contribution < -0.4 is 5.32 Å². The van der Waals surface area contributed by atoms with Gasteiger partial charge in [-0.25, -0.2) is 0 Å². The number of aryl methyl sites for hydroxylation is 1. The maximum atomic E-state index is 12.2. The van der Waals surface area contributed by atoms with Crippen molar-refractivity contribution in [2.75, 3.05) is 6.54 Å². The van der Waals surface area contributed by atoms with Crippen LogP contribution in [0.3, 0.4) is 0 Å². The number of rotatable bonds is 6. The van der Waals surface area contributed by atoms with Gasteiger partial charge < -0.3 is 9.73 Å². The summed E-state index contributed by atoms with van der Waals surface area (Å²) in [6.45, 7) is 4.50. The van der Waals surface area contributed by atoms with Gasteiger partial charge in [-0.1, -0.05) is 6.92 Å². The molecule has 1 atom stereocenters. The summed E-state index contributed by atoms with van der Waals surface area (Å²) in [6.07, 6.45) is -2.51. The summed E-state index contributed by atoms with van der Waals surface area (Å²) in [5.74, 6) is 0.614. The van der Waals surface area contributed by atoms with Crippen LogP contribution in [0.1, 0.15) is 43.6 Å². The van der Waals surface area contributed by atoms with Gasteiger partial charge in [0.15, 0.2) is 0 Å². The van der Waals surface area contributed by atoms with Crippen molar-refractivity contribution in [1.29, 1.82) is 0 Å². The summed E-state index contributed by atoms with van der Waals surface area (Å²) in [6, 6.07) is 1.41. The zero-order valence-corrected chi connectivity index (χ0v) is 10.1. The van der Waals surface area contributed by atoms with E-state index in [1.807, 2.05) is 13.8 Å². The van der Waals surface area contributed by atoms with Gasteiger partial charge in [0.25, 0.3) is 0 Å². The molecule has 1 heterocycles. The molecule has 1 rings (SSSR count). The SMILES string of the molecule is CCCNC(CCC(F)(F)F)c1occc1C. The van der Waals surface area contributed by atoms with Crippen molar-refractivity contribution >= 4 is 0 Å². The highest BCUT2D eigenvalue weighted by Crippen LogP contribution is 2.29. The molecule has 0 bridgehead atoms. The molecule has 0 saturated carbocycles. The van der Waals surface area contributed by atoms with Crippen LogP contribution in [0.5, 0.6) is 0 Å². The summed E-state index contributed by atoms with van der Waals surface area (Å²) in [7, 11) is 0. The molecule has 0 spiro atoms. The zero-order valence-electron chi connectivity index (χ0n) is 10.1. The van der Waals surface area contributed by atoms with Gasteiger partial charge in [-0.3, -0.25) is 0 Å². The molecule has 0 radical (unpaired) electrons. The van der Waals surface area contributed by atoms with E-state index in [4.69, 9.17) is 4.42 Å². The van der Waals surface area contributed by atoms with Gasteiger partial charge in [-0.15, -0.1) is 0 Å². The Balaban J connectivity index is 2.64. The predicted octanol–water partition coefficient (Wildman–Crippen LogP) is 3.97. The summed E-state index contributed by atoms with van der Waals surface area (Å²) < 4.78 is 41.9. The lowest BCUT2D eigenvalue weighted by atomic mass is 10.1. The monoisotopic (exact) mass is 249 g/mol. The average molecular weight is 249 g/mol. The van der Waals surface area contributed by atoms with Crippen molar-refractivity contribution in [2.45, 2.75) is 45.3 Å². The first-order chi connectivity index (χ1) is 7.94. The third kappa shape index (κ3) is 4.81. The molecule has 0 saturated heterocycles. The number of hydrogen-bond donors (Lipinski definition) is 1. The van der Waals surface area contributed by atoms with Gasteiger partial charge in [-0.05, 0) is 37.9 Å². The fourth-order valence-electron chi connectivity index (χ4n) is 1.69. The van der Waals surface area contributed by atoms with Crippen molar-refractivity contribution in [3.8, 4) is 0 Å². The number of furan rings is 1. The standard InChI is InChI=1S/C12H18F3NO/c1-3-7-16-10(4-6-12(13,14)15)11-9(2)5-8-17-11/h5,8,10,16H,3-4,6-7H2,1-2H3. The summed E-state index contributed by atoms with van der Waals surface area (Å²) in [4.78, 5) is 0. The molecular formula is C12H18F3NO. The maximum Gasteiger partial charge on any atom is 0.389 e. The largest absolute Gasteiger partial charge is 0.467 e. The molecule has 98 valence electrons. The van der Waals surface area contributed by atoms with Crippen LogP contribution in [0.4, 0.5) is 13.2 Å². The first kappa shape index (κ1) is 14.1. The highest BCUT2D eigenvalue weighted by atomic mass is 19.4. The quantitative estimate of drug-likeness (QED) is 0.825. The number of halogens is 3. The Hall–Kier alpha value is -0.970. The second-order valence-electron chi connectivity index (χ2n) is 4.13. The van der Waals surface area contributed by atoms with Gasteiger partial charge >= 0.3 is 6.18 Å². The molecule has 0 fully saturated rings. The van der Waals surface area contributed by atoms with Crippen LogP contribution in [0.15, 0.2) is 16.7 Å². The van der Waals surface area contributed by atoms with Crippen molar-refractivity contribution in [3.63, 3.8) is 0 Å². The lowest BCUT2D eigenvalue weighted by Gasteiger charge is -2.18. The molecule has 0 aromatic carbocycles. The fraction of sp³-hybridized carbons (Fsp3) is 0.667. The fourth-order valence-corrected chi connectivity index (χ4v) is 1.69. The van der Waals surface area contributed by atoms with E-state index in [-0.39, 0.29) is 12.5 Å². The minimum absolute atomic E-state index is 0.0118. The second-order valence-corrected chi connectivity index (χ2v) is 4.13. The summed E-state index contributed by atoms with van der Waals surface area (Å²) >= 11 is 0. The van der Waals surface area contributed by atoms with Crippen molar-refractivity contribution in [1.82, 2.24) is 5.32 Å². The topological polar surface area (TPSA) is 25.2 Å². The zero-order chi connectivity index (χ0) is 12.9. The summed E-state index contributed by atoms with van der Waals surface area (Å²) in [5, 5.41) is 3.09. The Labute approximate surface area is 99.2 Å². The maximum absolute atomic E-state index is 12.2. The van der Waals surface area contributed by atoms with E-state index in [1.54, 1.807) is 6.07 Å². The number of hydrogen-bond acceptors (Lipinski definition) is 2. The Bertz CT molecular complexity index is 333. The Morgan fingerprint density at radius 2 is 2.12 bits per heavy atom. The Kier molecular flexibility index (Phi) is 5.05. The molecule has 5 heteroatoms. The molecule has 1 N–H and O–H groups in total. The van der Waals surface area contributed by atoms with Gasteiger partial charge in [0.1, 0.15) is 5.76 Å². The van der Waals surface area contributed by atoms with Crippen LogP contribution in [0.2, 0.25) is 0 Å². The molecule has 0 aliphatic heterocycles. The normalized spacial score (nSPS) is 13.9. The van der Waals surface area contributed by atoms with E-state index in [0.717, 1.165) is 12.0 Å². The minimum Gasteiger partial charge on any atom is -0.467 e. The van der Waals surface area contributed by atoms with E-state index in [0.29, 0.717) is 12.3 Å². The van der Waals surface area contributed by atoms with Crippen molar-refractivity contribution < 1.29 is 17.6 Å². The van der Waals surface area contributed by atoms with Crippen LogP contribution in [-0.4, -0.2) is 12.7 Å². The van der Waals surface area contributed by atoms with Crippen LogP contribution in [0, 0.1) is 6.92 Å². The number of alkyl halides is 3. The predicted molar refractivity (Wildman–Crippen MR) is 59.8 cm³/mol. The third-order valence-corrected chi connectivity index (χ3v) is 2.58. The Morgan fingerprint density at radius 1 is 1.41 bits per heavy atom. The molecule has 0 aliphatic rings. The van der Waals surface area contributed by atoms with Crippen LogP contribution in [0.25, 0.3) is 0 Å². The molecule has 1 aromatic rings. The highest BCUT2D eigenvalue weighted by molar-refractivity contribution is 5.18. The lowest BCUT2D eigenvalue weighted by molar-refractivity contribution is -0.136. The second kappa shape index (κ2) is 6.10. The Morgan fingerprint density at radius 3 is 2.59 bits per heavy atom. The molecule has 1 unspecified atom stereocenters. The highest BCUT2D eigenvalue weighted by Gasteiger charge is 2.29. The summed E-state index contributed by atoms with van der Waals surface area (Å²) in [5.41, 5.74) is 0.890. The van der Waals surface area contributed by atoms with Crippen molar-refractivity contribution in [3.05, 3.63) is 23.7 Å². The van der Waals surface area contributed by atoms with Gasteiger partial charge in [0.05, 0.1) is 12.3 Å². The minimum atomic E-state index is -4.12. The van der Waals surface area contributed by atoms with E-state index < -0.39 is 12.6 Å². The first-order valence-corrected chi connectivity index (χ1v) is 5.78. The van der Waals surface area contributed by atoms with Gasteiger partial charge in [0, 0.05) is 6.42 Å². The molecule has 0 amide bonds.